The van der Waals surface area contributed by atoms with E-state index in [4.69, 9.17) is 4.74 Å². The number of benzene rings is 1. The zero-order chi connectivity index (χ0) is 22.5. The molecule has 2 N–H and O–H groups in total. The van der Waals surface area contributed by atoms with Crippen molar-refractivity contribution in [1.29, 1.82) is 0 Å². The van der Waals surface area contributed by atoms with Crippen molar-refractivity contribution in [2.24, 2.45) is 5.92 Å². The number of nitrogens with zero attached hydrogens (tertiary/aromatic N) is 2. The van der Waals surface area contributed by atoms with Crippen LogP contribution in [-0.2, 0) is 4.79 Å². The maximum absolute atomic E-state index is 13.0. The summed E-state index contributed by atoms with van der Waals surface area (Å²) >= 11 is 0. The van der Waals surface area contributed by atoms with Crippen molar-refractivity contribution in [3.05, 3.63) is 30.0 Å². The summed E-state index contributed by atoms with van der Waals surface area (Å²) < 4.78 is 5.26. The fourth-order valence-corrected chi connectivity index (χ4v) is 5.02. The van der Waals surface area contributed by atoms with Crippen LogP contribution in [0.25, 0.3) is 10.9 Å². The van der Waals surface area contributed by atoms with E-state index in [1.54, 1.807) is 7.11 Å². The van der Waals surface area contributed by atoms with Crippen LogP contribution in [-0.4, -0.2) is 72.5 Å². The molecule has 174 valence electrons. The lowest BCUT2D eigenvalue weighted by atomic mass is 9.93. The zero-order valence-corrected chi connectivity index (χ0v) is 19.4. The van der Waals surface area contributed by atoms with Gasteiger partial charge >= 0.3 is 0 Å². The van der Waals surface area contributed by atoms with Gasteiger partial charge in [-0.15, -0.1) is 0 Å². The zero-order valence-electron chi connectivity index (χ0n) is 19.4. The lowest BCUT2D eigenvalue weighted by molar-refractivity contribution is -0.122. The molecule has 7 heteroatoms. The molecule has 0 unspecified atom stereocenters. The molecule has 3 heterocycles. The number of amides is 2. The molecule has 2 aliphatic heterocycles. The van der Waals surface area contributed by atoms with E-state index < -0.39 is 0 Å². The SMILES string of the molecule is COc1ccc2cc(C(=O)N3CCC(CC(=O)NCCN4CCCC[C@H]4C)CC3)[nH]c2c1. The van der Waals surface area contributed by atoms with Gasteiger partial charge in [-0.05, 0) is 63.3 Å². The van der Waals surface area contributed by atoms with E-state index in [9.17, 15) is 9.59 Å². The Morgan fingerprint density at radius 1 is 1.12 bits per heavy atom. The Morgan fingerprint density at radius 3 is 2.69 bits per heavy atom. The summed E-state index contributed by atoms with van der Waals surface area (Å²) in [5.41, 5.74) is 1.51. The number of ether oxygens (including phenoxy) is 1. The molecule has 0 bridgehead atoms. The fraction of sp³-hybridized carbons (Fsp3) is 0.600. The number of carbonyl (C=O) groups is 2. The second-order valence-corrected chi connectivity index (χ2v) is 9.31. The summed E-state index contributed by atoms with van der Waals surface area (Å²) in [5, 5.41) is 4.11. The Balaban J connectivity index is 1.20. The van der Waals surface area contributed by atoms with Crippen LogP contribution in [0, 0.1) is 5.92 Å². The van der Waals surface area contributed by atoms with Gasteiger partial charge in [-0.25, -0.2) is 0 Å². The first kappa shape index (κ1) is 22.6. The molecule has 1 aromatic carbocycles. The molecule has 0 radical (unpaired) electrons. The third kappa shape index (κ3) is 5.44. The van der Waals surface area contributed by atoms with Crippen LogP contribution in [0.3, 0.4) is 0 Å². The van der Waals surface area contributed by atoms with E-state index in [1.807, 2.05) is 29.2 Å². The van der Waals surface area contributed by atoms with Crippen LogP contribution in [0.1, 0.15) is 55.9 Å². The minimum absolute atomic E-state index is 0.0266. The van der Waals surface area contributed by atoms with Gasteiger partial charge in [0.25, 0.3) is 5.91 Å². The largest absolute Gasteiger partial charge is 0.497 e. The third-order valence-electron chi connectivity index (χ3n) is 7.10. The summed E-state index contributed by atoms with van der Waals surface area (Å²) in [5.74, 6) is 1.28. The minimum atomic E-state index is 0.0266. The van der Waals surface area contributed by atoms with Gasteiger partial charge in [0.2, 0.25) is 5.91 Å². The maximum atomic E-state index is 13.0. The highest BCUT2D eigenvalue weighted by atomic mass is 16.5. The normalized spacial score (nSPS) is 20.4. The van der Waals surface area contributed by atoms with Crippen LogP contribution in [0.4, 0.5) is 0 Å². The van der Waals surface area contributed by atoms with Crippen LogP contribution < -0.4 is 10.1 Å². The molecule has 2 amide bonds. The highest BCUT2D eigenvalue weighted by Gasteiger charge is 2.26. The summed E-state index contributed by atoms with van der Waals surface area (Å²) in [6.45, 7) is 6.49. The molecule has 7 nitrogen and oxygen atoms in total. The molecular weight excluding hydrogens is 404 g/mol. The molecule has 0 saturated carbocycles. The summed E-state index contributed by atoms with van der Waals surface area (Å²) in [7, 11) is 1.63. The van der Waals surface area contributed by atoms with Gasteiger partial charge in [0.15, 0.2) is 0 Å². The summed E-state index contributed by atoms with van der Waals surface area (Å²) in [6, 6.07) is 8.29. The molecule has 2 aromatic rings. The fourth-order valence-electron chi connectivity index (χ4n) is 5.02. The van der Waals surface area contributed by atoms with Gasteiger partial charge in [0.1, 0.15) is 11.4 Å². The first-order valence-electron chi connectivity index (χ1n) is 12.0. The average molecular weight is 441 g/mol. The molecular formula is C25H36N4O3. The van der Waals surface area contributed by atoms with Crippen molar-refractivity contribution in [3.63, 3.8) is 0 Å². The number of fused-ring (bicyclic) bond motifs is 1. The summed E-state index contributed by atoms with van der Waals surface area (Å²) in [6.07, 6.45) is 6.15. The van der Waals surface area contributed by atoms with Crippen LogP contribution >= 0.6 is 0 Å². The monoisotopic (exact) mass is 440 g/mol. The van der Waals surface area contributed by atoms with E-state index in [2.05, 4.69) is 22.1 Å². The summed E-state index contributed by atoms with van der Waals surface area (Å²) in [4.78, 5) is 32.9. The second-order valence-electron chi connectivity index (χ2n) is 9.31. The maximum Gasteiger partial charge on any atom is 0.270 e. The molecule has 4 rings (SSSR count). The number of hydrogen-bond donors (Lipinski definition) is 2. The van der Waals surface area contributed by atoms with E-state index in [0.717, 1.165) is 49.1 Å². The highest BCUT2D eigenvalue weighted by Crippen LogP contribution is 2.25. The molecule has 1 atom stereocenters. The number of nitrogens with one attached hydrogen (secondary N) is 2. The number of hydrogen-bond acceptors (Lipinski definition) is 4. The van der Waals surface area contributed by atoms with E-state index in [0.29, 0.717) is 37.2 Å². The van der Waals surface area contributed by atoms with Crippen molar-refractivity contribution in [2.75, 3.05) is 39.8 Å². The van der Waals surface area contributed by atoms with Gasteiger partial charge in [0, 0.05) is 55.6 Å². The van der Waals surface area contributed by atoms with Crippen LogP contribution in [0.2, 0.25) is 0 Å². The number of H-pyrrole nitrogens is 1. The van der Waals surface area contributed by atoms with Crippen molar-refractivity contribution >= 4 is 22.7 Å². The van der Waals surface area contributed by atoms with Crippen molar-refractivity contribution < 1.29 is 14.3 Å². The first-order chi connectivity index (χ1) is 15.5. The van der Waals surface area contributed by atoms with E-state index >= 15 is 0 Å². The van der Waals surface area contributed by atoms with Gasteiger partial charge in [-0.2, -0.15) is 0 Å². The molecule has 0 aliphatic carbocycles. The van der Waals surface area contributed by atoms with Crippen molar-refractivity contribution in [2.45, 2.75) is 51.5 Å². The molecule has 1 aromatic heterocycles. The minimum Gasteiger partial charge on any atom is -0.497 e. The average Bonchev–Trinajstić information content (AvgIpc) is 3.23. The van der Waals surface area contributed by atoms with E-state index in [1.165, 1.54) is 19.3 Å². The lowest BCUT2D eigenvalue weighted by Gasteiger charge is -2.33. The predicted molar refractivity (Wildman–Crippen MR) is 126 cm³/mol. The Bertz CT molecular complexity index is 932. The number of carbonyl (C=O) groups excluding carboxylic acids is 2. The molecule has 2 saturated heterocycles. The lowest BCUT2D eigenvalue weighted by Crippen LogP contribution is -2.43. The standard InChI is InChI=1S/C25H36N4O3/c1-18-5-3-4-11-28(18)14-10-26-24(30)15-19-8-12-29(13-9-19)25(31)23-16-20-6-7-21(32-2)17-22(20)27-23/h6-7,16-19,27H,3-5,8-15H2,1-2H3,(H,26,30)/t18-/m1/s1. The third-order valence-corrected chi connectivity index (χ3v) is 7.10. The molecule has 32 heavy (non-hydrogen) atoms. The van der Waals surface area contributed by atoms with Crippen LogP contribution in [0.15, 0.2) is 24.3 Å². The second kappa shape index (κ2) is 10.4. The Morgan fingerprint density at radius 2 is 1.94 bits per heavy atom. The van der Waals surface area contributed by atoms with Gasteiger partial charge < -0.3 is 19.9 Å². The smallest absolute Gasteiger partial charge is 0.270 e. The van der Waals surface area contributed by atoms with Crippen molar-refractivity contribution in [1.82, 2.24) is 20.1 Å². The number of piperidine rings is 2. The number of likely N-dealkylation sites (tertiary alicyclic amines) is 2. The van der Waals surface area contributed by atoms with Crippen LogP contribution in [0.5, 0.6) is 5.75 Å². The number of methoxy groups -OCH3 is 1. The Hall–Kier alpha value is -2.54. The van der Waals surface area contributed by atoms with E-state index in [-0.39, 0.29) is 11.8 Å². The molecule has 2 fully saturated rings. The topological polar surface area (TPSA) is 77.7 Å². The molecule has 0 spiro atoms. The molecule has 2 aliphatic rings. The Kier molecular flexibility index (Phi) is 7.35. The number of rotatable bonds is 7. The van der Waals surface area contributed by atoms with Gasteiger partial charge in [-0.1, -0.05) is 6.42 Å². The number of aromatic nitrogens is 1. The van der Waals surface area contributed by atoms with Gasteiger partial charge in [0.05, 0.1) is 7.11 Å². The first-order valence-corrected chi connectivity index (χ1v) is 12.0. The quantitative estimate of drug-likeness (QED) is 0.692. The van der Waals surface area contributed by atoms with Gasteiger partial charge in [-0.3, -0.25) is 14.5 Å². The number of aromatic amines is 1. The highest BCUT2D eigenvalue weighted by molar-refractivity contribution is 5.98. The Labute approximate surface area is 190 Å². The predicted octanol–water partition coefficient (Wildman–Crippen LogP) is 3.41. The van der Waals surface area contributed by atoms with Crippen molar-refractivity contribution in [3.8, 4) is 5.75 Å².